The van der Waals surface area contributed by atoms with E-state index in [1.807, 2.05) is 6.20 Å². The maximum absolute atomic E-state index is 6.14. The van der Waals surface area contributed by atoms with Crippen molar-refractivity contribution in [1.82, 2.24) is 55.1 Å². The maximum atomic E-state index is 6.14. The lowest BCUT2D eigenvalue weighted by Crippen LogP contribution is -2.35. The first-order valence-electron chi connectivity index (χ1n) is 28.7. The molecule has 3 heterocycles. The summed E-state index contributed by atoms with van der Waals surface area (Å²) < 4.78 is 66.7. The topological polar surface area (TPSA) is 249 Å². The van der Waals surface area contributed by atoms with Crippen molar-refractivity contribution < 1.29 is 52.1 Å². The second-order valence-electron chi connectivity index (χ2n) is 25.3. The van der Waals surface area contributed by atoms with Crippen molar-refractivity contribution in [3.05, 3.63) is 11.9 Å². The van der Waals surface area contributed by atoms with Crippen LogP contribution in [-0.4, -0.2) is 201 Å². The van der Waals surface area contributed by atoms with E-state index in [1.165, 1.54) is 0 Å². The zero-order valence-electron chi connectivity index (χ0n) is 51.8. The summed E-state index contributed by atoms with van der Waals surface area (Å²) in [5, 5.41) is 18.5. The maximum Gasteiger partial charge on any atom is 0.324 e. The van der Waals surface area contributed by atoms with Crippen LogP contribution in [0.2, 0.25) is 0 Å². The molecule has 24 nitrogen and oxygen atoms in total. The highest BCUT2D eigenvalue weighted by molar-refractivity contribution is 5.28. The quantitative estimate of drug-likeness (QED) is 0.0368. The first-order valence-corrected chi connectivity index (χ1v) is 28.7. The van der Waals surface area contributed by atoms with Crippen LogP contribution >= 0.6 is 0 Å². The van der Waals surface area contributed by atoms with Crippen LogP contribution in [-0.2, 0) is 46.2 Å². The van der Waals surface area contributed by atoms with E-state index < -0.39 is 0 Å². The van der Waals surface area contributed by atoms with Crippen molar-refractivity contribution >= 4 is 11.9 Å². The van der Waals surface area contributed by atoms with Gasteiger partial charge in [-0.1, -0.05) is 88.3 Å². The molecule has 3 aromatic rings. The molecule has 0 unspecified atom stereocenters. The molecule has 0 aliphatic carbocycles. The molecule has 3 N–H and O–H groups in total. The van der Waals surface area contributed by atoms with Crippen LogP contribution < -0.4 is 34.9 Å². The molecule has 3 aromatic heterocycles. The van der Waals surface area contributed by atoms with Gasteiger partial charge in [0.05, 0.1) is 78.4 Å². The zero-order valence-corrected chi connectivity index (χ0v) is 51.8. The van der Waals surface area contributed by atoms with Gasteiger partial charge in [0.1, 0.15) is 26.4 Å². The standard InChI is InChI=1S/C56H105N13O11/c1-52(2,3)16-25-70-34-38-77-48-60-46(61-49(64-48)78-39-35-71-26-17-53(4,5)6)57-20-29-74-31-22-68(44-76-33-24-69-43-45(66-67-69)42-59-56(13,14)15)23-32-75-30-21-58-47-62-50(79-40-36-72-27-18-54(7,8)9)65-51(63-47)80-41-37-73-28-19-55(10,11)12/h43,59H,16-42,44H2,1-15H3,(H,57,60,61,64)(H,58,62,63,65). The number of nitrogens with one attached hydrogen (secondary N) is 3. The van der Waals surface area contributed by atoms with E-state index in [0.717, 1.165) is 31.4 Å². The molecule has 24 heteroatoms. The van der Waals surface area contributed by atoms with E-state index in [9.17, 15) is 0 Å². The molecule has 0 spiro atoms. The molecule has 0 aliphatic rings. The highest BCUT2D eigenvalue weighted by Gasteiger charge is 2.16. The molecule has 460 valence electrons. The van der Waals surface area contributed by atoms with Gasteiger partial charge in [-0.2, -0.15) is 19.9 Å². The second kappa shape index (κ2) is 37.7. The average Bonchev–Trinajstić information content (AvgIpc) is 3.82. The van der Waals surface area contributed by atoms with E-state index in [1.54, 1.807) is 4.68 Å². The number of ether oxygens (including phenoxy) is 11. The summed E-state index contributed by atoms with van der Waals surface area (Å²) in [5.74, 6) is 0.612. The molecule has 0 bridgehead atoms. The number of nitrogens with zero attached hydrogens (tertiary/aromatic N) is 10. The van der Waals surface area contributed by atoms with Gasteiger partial charge < -0.3 is 68.1 Å². The number of anilines is 2. The van der Waals surface area contributed by atoms with Crippen LogP contribution in [0.3, 0.4) is 0 Å². The Labute approximate surface area is 479 Å². The van der Waals surface area contributed by atoms with E-state index in [4.69, 9.17) is 52.1 Å². The van der Waals surface area contributed by atoms with Gasteiger partial charge in [-0.15, -0.1) is 15.1 Å². The Hall–Kier alpha value is -4.40. The molecular formula is C56H105N13O11. The second-order valence-corrected chi connectivity index (χ2v) is 25.3. The minimum Gasteiger partial charge on any atom is -0.461 e. The SMILES string of the molecule is CC(C)(C)CCOCCOc1nc(NCCOCCN(CCOCCNc2nc(OCCOCCC(C)(C)C)nc(OCCOCCC(C)(C)C)n2)COCCn2cc(CNC(C)(C)C)nn2)nc(OCCOCCC(C)(C)C)n1. The predicted octanol–water partition coefficient (Wildman–Crippen LogP) is 7.40. The van der Waals surface area contributed by atoms with E-state index in [2.05, 4.69) is 165 Å². The highest BCUT2D eigenvalue weighted by atomic mass is 16.6. The minimum absolute atomic E-state index is 0.0246. The van der Waals surface area contributed by atoms with Crippen LogP contribution in [0, 0.1) is 21.7 Å². The fourth-order valence-corrected chi connectivity index (χ4v) is 6.32. The van der Waals surface area contributed by atoms with Crippen molar-refractivity contribution in [2.75, 3.05) is 156 Å². The first-order chi connectivity index (χ1) is 37.8. The van der Waals surface area contributed by atoms with Crippen LogP contribution in [0.1, 0.15) is 135 Å². The summed E-state index contributed by atoms with van der Waals surface area (Å²) in [7, 11) is 0. The average molecular weight is 1140 g/mol. The molecule has 80 heavy (non-hydrogen) atoms. The van der Waals surface area contributed by atoms with Crippen LogP contribution in [0.4, 0.5) is 11.9 Å². The van der Waals surface area contributed by atoms with Gasteiger partial charge in [-0.25, -0.2) is 4.68 Å². The van der Waals surface area contributed by atoms with Gasteiger partial charge in [0.2, 0.25) is 11.9 Å². The van der Waals surface area contributed by atoms with Crippen molar-refractivity contribution in [3.8, 4) is 24.0 Å². The third kappa shape index (κ3) is 39.1. The molecule has 0 atom stereocenters. The molecule has 0 fully saturated rings. The molecule has 0 aromatic carbocycles. The fraction of sp³-hybridized carbons (Fsp3) is 0.857. The Morgan fingerprint density at radius 1 is 0.412 bits per heavy atom. The van der Waals surface area contributed by atoms with Crippen LogP contribution in [0.5, 0.6) is 24.0 Å². The summed E-state index contributed by atoms with van der Waals surface area (Å²) in [6.45, 7) is 43.5. The molecule has 0 amide bonds. The van der Waals surface area contributed by atoms with Crippen LogP contribution in [0.25, 0.3) is 0 Å². The largest absolute Gasteiger partial charge is 0.461 e. The lowest BCUT2D eigenvalue weighted by atomic mass is 9.93. The lowest BCUT2D eigenvalue weighted by Gasteiger charge is -2.22. The Morgan fingerprint density at radius 2 is 0.775 bits per heavy atom. The Morgan fingerprint density at radius 3 is 1.12 bits per heavy atom. The first kappa shape index (κ1) is 69.9. The summed E-state index contributed by atoms with van der Waals surface area (Å²) in [6.07, 6.45) is 5.71. The van der Waals surface area contributed by atoms with Crippen LogP contribution in [0.15, 0.2) is 6.20 Å². The van der Waals surface area contributed by atoms with Gasteiger partial charge in [-0.05, 0) is 68.1 Å². The Kier molecular flexibility index (Phi) is 32.9. The smallest absolute Gasteiger partial charge is 0.324 e. The van der Waals surface area contributed by atoms with Gasteiger partial charge in [0.15, 0.2) is 0 Å². The molecule has 0 radical (unpaired) electrons. The normalized spacial score (nSPS) is 12.6. The molecule has 0 aliphatic heterocycles. The highest BCUT2D eigenvalue weighted by Crippen LogP contribution is 2.21. The third-order valence-electron chi connectivity index (χ3n) is 11.3. The summed E-state index contributed by atoms with van der Waals surface area (Å²) >= 11 is 0. The van der Waals surface area contributed by atoms with Gasteiger partial charge in [-0.3, -0.25) is 4.90 Å². The van der Waals surface area contributed by atoms with Crippen molar-refractivity contribution in [1.29, 1.82) is 0 Å². The van der Waals surface area contributed by atoms with Gasteiger partial charge in [0.25, 0.3) is 0 Å². The molecule has 0 saturated carbocycles. The van der Waals surface area contributed by atoms with E-state index >= 15 is 0 Å². The third-order valence-corrected chi connectivity index (χ3v) is 11.3. The lowest BCUT2D eigenvalue weighted by molar-refractivity contribution is -0.00630. The number of hydrogen-bond acceptors (Lipinski definition) is 23. The zero-order chi connectivity index (χ0) is 58.8. The van der Waals surface area contributed by atoms with E-state index in [0.29, 0.717) is 144 Å². The predicted molar refractivity (Wildman–Crippen MR) is 309 cm³/mol. The number of hydrogen-bond donors (Lipinski definition) is 3. The fourth-order valence-electron chi connectivity index (χ4n) is 6.32. The molecular weight excluding hydrogens is 1030 g/mol. The number of rotatable bonds is 45. The van der Waals surface area contributed by atoms with Gasteiger partial charge in [0, 0.05) is 70.9 Å². The van der Waals surface area contributed by atoms with Crippen molar-refractivity contribution in [2.24, 2.45) is 21.7 Å². The summed E-state index contributed by atoms with van der Waals surface area (Å²) in [6, 6.07) is 0.550. The monoisotopic (exact) mass is 1140 g/mol. The van der Waals surface area contributed by atoms with Gasteiger partial charge >= 0.3 is 24.0 Å². The Bertz CT molecular complexity index is 1860. The minimum atomic E-state index is -0.0246. The number of aromatic nitrogens is 9. The molecule has 3 rings (SSSR count). The Balaban J connectivity index is 1.54. The van der Waals surface area contributed by atoms with E-state index in [-0.39, 0.29) is 77.7 Å². The molecule has 0 saturated heterocycles. The summed E-state index contributed by atoms with van der Waals surface area (Å²) in [5.41, 5.74) is 1.60. The van der Waals surface area contributed by atoms with Crippen molar-refractivity contribution in [3.63, 3.8) is 0 Å². The van der Waals surface area contributed by atoms with Crippen molar-refractivity contribution in [2.45, 2.75) is 148 Å². The summed E-state index contributed by atoms with van der Waals surface area (Å²) in [4.78, 5) is 28.8.